The number of aryl methyl sites for hydroxylation is 3. The monoisotopic (exact) mass is 554 g/mol. The number of piperidine rings is 1. The number of nitrogen functional groups attached to an aromatic ring is 1. The van der Waals surface area contributed by atoms with Gasteiger partial charge < -0.3 is 20.7 Å². The molecule has 1 aliphatic carbocycles. The first kappa shape index (κ1) is 29.3. The Kier molecular flexibility index (Phi) is 9.73. The Morgan fingerprint density at radius 2 is 1.73 bits per heavy atom. The van der Waals surface area contributed by atoms with Gasteiger partial charge in [-0.15, -0.1) is 0 Å². The summed E-state index contributed by atoms with van der Waals surface area (Å²) < 4.78 is 6.27. The largest absolute Gasteiger partial charge is 0.383 e. The fraction of sp³-hybridized carbons (Fsp3) is 0.486. The summed E-state index contributed by atoms with van der Waals surface area (Å²) in [4.78, 5) is 20.1. The van der Waals surface area contributed by atoms with Gasteiger partial charge in [0.05, 0.1) is 24.3 Å². The van der Waals surface area contributed by atoms with E-state index in [9.17, 15) is 4.79 Å². The van der Waals surface area contributed by atoms with Crippen LogP contribution in [0.4, 0.5) is 5.82 Å². The number of rotatable bonds is 10. The first-order valence-corrected chi connectivity index (χ1v) is 15.4. The van der Waals surface area contributed by atoms with E-state index in [2.05, 4.69) is 78.6 Å². The topological polar surface area (TPSA) is 80.5 Å². The zero-order chi connectivity index (χ0) is 28.8. The van der Waals surface area contributed by atoms with Crippen LogP contribution in [0.15, 0.2) is 54.7 Å². The quantitative estimate of drug-likeness (QED) is 0.300. The molecule has 6 nitrogen and oxygen atoms in total. The van der Waals surface area contributed by atoms with Crippen LogP contribution in [0.3, 0.4) is 0 Å². The second kappa shape index (κ2) is 13.6. The SMILES string of the molecule is Cc1ccc(CO[C@H]2CCC[C@@H]2NC(=O)c2cc(-c3ccc(CCCC4CCN(C)CC4)cc3)cnc2N)cc1C. The number of aromatic nitrogens is 1. The molecule has 1 saturated heterocycles. The number of nitrogens with one attached hydrogen (secondary N) is 1. The van der Waals surface area contributed by atoms with Gasteiger partial charge in [0.1, 0.15) is 5.82 Å². The summed E-state index contributed by atoms with van der Waals surface area (Å²) in [7, 11) is 2.22. The minimum absolute atomic E-state index is 0.00933. The van der Waals surface area contributed by atoms with Gasteiger partial charge in [0, 0.05) is 11.8 Å². The Labute approximate surface area is 245 Å². The number of ether oxygens (including phenoxy) is 1. The number of hydrogen-bond acceptors (Lipinski definition) is 5. The van der Waals surface area contributed by atoms with Crippen molar-refractivity contribution in [1.82, 2.24) is 15.2 Å². The molecule has 41 heavy (non-hydrogen) atoms. The molecule has 2 atom stereocenters. The number of carbonyl (C=O) groups excluding carboxylic acids is 1. The van der Waals surface area contributed by atoms with Crippen molar-refractivity contribution in [3.05, 3.63) is 82.5 Å². The van der Waals surface area contributed by atoms with E-state index in [1.165, 1.54) is 55.5 Å². The molecule has 0 spiro atoms. The van der Waals surface area contributed by atoms with Crippen molar-refractivity contribution in [2.75, 3.05) is 25.9 Å². The molecule has 2 heterocycles. The van der Waals surface area contributed by atoms with E-state index >= 15 is 0 Å². The number of amides is 1. The van der Waals surface area contributed by atoms with Crippen LogP contribution >= 0.6 is 0 Å². The number of anilines is 1. The van der Waals surface area contributed by atoms with Gasteiger partial charge in [0.2, 0.25) is 0 Å². The molecule has 0 unspecified atom stereocenters. The number of benzene rings is 2. The number of likely N-dealkylation sites (tertiary alicyclic amines) is 1. The minimum atomic E-state index is -0.186. The van der Waals surface area contributed by atoms with Gasteiger partial charge >= 0.3 is 0 Å². The van der Waals surface area contributed by atoms with Gasteiger partial charge in [-0.25, -0.2) is 4.98 Å². The maximum Gasteiger partial charge on any atom is 0.255 e. The molecule has 0 bridgehead atoms. The predicted octanol–water partition coefficient (Wildman–Crippen LogP) is 6.48. The van der Waals surface area contributed by atoms with Gasteiger partial charge in [-0.05, 0) is 119 Å². The van der Waals surface area contributed by atoms with Crippen molar-refractivity contribution in [1.29, 1.82) is 0 Å². The Morgan fingerprint density at radius 1 is 0.976 bits per heavy atom. The molecule has 1 aliphatic heterocycles. The molecule has 1 amide bonds. The molecule has 6 heteroatoms. The standard InChI is InChI=1S/C35H46N4O2/c1-24-10-11-28(20-25(24)2)23-41-33-9-5-8-32(33)38-35(40)31-21-30(22-37-34(31)36)29-14-12-26(13-15-29)6-4-7-27-16-18-39(3)19-17-27/h10-15,20-22,27,32-33H,4-9,16-19,23H2,1-3H3,(H2,36,37)(H,38,40)/t32-,33-/m0/s1. The summed E-state index contributed by atoms with van der Waals surface area (Å²) in [5.74, 6) is 0.941. The van der Waals surface area contributed by atoms with Crippen LogP contribution < -0.4 is 11.1 Å². The highest BCUT2D eigenvalue weighted by atomic mass is 16.5. The van der Waals surface area contributed by atoms with Crippen molar-refractivity contribution in [3.63, 3.8) is 0 Å². The summed E-state index contributed by atoms with van der Waals surface area (Å²) in [5.41, 5.74) is 13.6. The second-order valence-corrected chi connectivity index (χ2v) is 12.3. The van der Waals surface area contributed by atoms with Gasteiger partial charge in [-0.2, -0.15) is 0 Å². The third-order valence-corrected chi connectivity index (χ3v) is 9.17. The first-order chi connectivity index (χ1) is 19.9. The fourth-order valence-corrected chi connectivity index (χ4v) is 6.26. The van der Waals surface area contributed by atoms with Gasteiger partial charge in [0.25, 0.3) is 5.91 Å². The molecule has 2 fully saturated rings. The zero-order valence-corrected chi connectivity index (χ0v) is 25.0. The summed E-state index contributed by atoms with van der Waals surface area (Å²) in [6.45, 7) is 7.25. The zero-order valence-electron chi connectivity index (χ0n) is 25.0. The lowest BCUT2D eigenvalue weighted by Crippen LogP contribution is -2.41. The van der Waals surface area contributed by atoms with E-state index in [0.29, 0.717) is 12.2 Å². The summed E-state index contributed by atoms with van der Waals surface area (Å²) in [5, 5.41) is 3.20. The maximum atomic E-state index is 13.3. The van der Waals surface area contributed by atoms with E-state index in [4.69, 9.17) is 10.5 Å². The molecule has 5 rings (SSSR count). The highest BCUT2D eigenvalue weighted by Crippen LogP contribution is 2.27. The average Bonchev–Trinajstić information content (AvgIpc) is 3.42. The van der Waals surface area contributed by atoms with Crippen LogP contribution in [0.2, 0.25) is 0 Å². The lowest BCUT2D eigenvalue weighted by atomic mass is 9.91. The molecular weight excluding hydrogens is 508 g/mol. The summed E-state index contributed by atoms with van der Waals surface area (Å²) in [6, 6.07) is 16.9. The molecular formula is C35H46N4O2. The molecule has 1 aromatic heterocycles. The number of pyridine rings is 1. The van der Waals surface area contributed by atoms with Crippen molar-refractivity contribution >= 4 is 11.7 Å². The van der Waals surface area contributed by atoms with Crippen molar-refractivity contribution in [2.24, 2.45) is 5.92 Å². The van der Waals surface area contributed by atoms with Crippen molar-refractivity contribution in [2.45, 2.75) is 84.0 Å². The molecule has 1 saturated carbocycles. The predicted molar refractivity (Wildman–Crippen MR) is 167 cm³/mol. The van der Waals surface area contributed by atoms with Gasteiger partial charge in [-0.1, -0.05) is 48.9 Å². The number of hydrogen-bond donors (Lipinski definition) is 2. The number of carbonyl (C=O) groups is 1. The second-order valence-electron chi connectivity index (χ2n) is 12.3. The maximum absolute atomic E-state index is 13.3. The Hall–Kier alpha value is -3.22. The summed E-state index contributed by atoms with van der Waals surface area (Å²) in [6.07, 6.45) is 10.9. The third-order valence-electron chi connectivity index (χ3n) is 9.17. The van der Waals surface area contributed by atoms with E-state index in [-0.39, 0.29) is 23.9 Å². The highest BCUT2D eigenvalue weighted by molar-refractivity contribution is 5.99. The average molecular weight is 555 g/mol. The van der Waals surface area contributed by atoms with Crippen LogP contribution in [-0.2, 0) is 17.8 Å². The first-order valence-electron chi connectivity index (χ1n) is 15.4. The molecule has 2 aliphatic rings. The van der Waals surface area contributed by atoms with Crippen LogP contribution in [0.5, 0.6) is 0 Å². The number of nitrogens with zero attached hydrogens (tertiary/aromatic N) is 2. The Morgan fingerprint density at radius 3 is 2.49 bits per heavy atom. The van der Waals surface area contributed by atoms with Crippen LogP contribution in [0.25, 0.3) is 11.1 Å². The normalized spacial score (nSPS) is 19.9. The molecule has 0 radical (unpaired) electrons. The lowest BCUT2D eigenvalue weighted by Gasteiger charge is -2.28. The fourth-order valence-electron chi connectivity index (χ4n) is 6.26. The Bertz CT molecular complexity index is 1310. The van der Waals surface area contributed by atoms with Crippen molar-refractivity contribution < 1.29 is 9.53 Å². The number of nitrogens with two attached hydrogens (primary N) is 1. The molecule has 3 N–H and O–H groups in total. The van der Waals surface area contributed by atoms with Gasteiger partial charge in [0.15, 0.2) is 0 Å². The Balaban J connectivity index is 1.16. The van der Waals surface area contributed by atoms with Crippen molar-refractivity contribution in [3.8, 4) is 11.1 Å². The molecule has 218 valence electrons. The van der Waals surface area contributed by atoms with Crippen LogP contribution in [-0.4, -0.2) is 48.1 Å². The van der Waals surface area contributed by atoms with Crippen LogP contribution in [0.1, 0.15) is 77.6 Å². The summed E-state index contributed by atoms with van der Waals surface area (Å²) >= 11 is 0. The highest BCUT2D eigenvalue weighted by Gasteiger charge is 2.30. The van der Waals surface area contributed by atoms with Crippen LogP contribution in [0, 0.1) is 19.8 Å². The molecule has 2 aromatic carbocycles. The van der Waals surface area contributed by atoms with E-state index in [1.54, 1.807) is 6.20 Å². The van der Waals surface area contributed by atoms with Gasteiger partial charge in [-0.3, -0.25) is 4.79 Å². The van der Waals surface area contributed by atoms with E-state index in [1.807, 2.05) is 6.07 Å². The van der Waals surface area contributed by atoms with E-state index in [0.717, 1.165) is 48.3 Å². The lowest BCUT2D eigenvalue weighted by molar-refractivity contribution is 0.0272. The minimum Gasteiger partial charge on any atom is -0.383 e. The smallest absolute Gasteiger partial charge is 0.255 e. The van der Waals surface area contributed by atoms with E-state index < -0.39 is 0 Å². The molecule has 3 aromatic rings. The third kappa shape index (κ3) is 7.75.